The van der Waals surface area contributed by atoms with Gasteiger partial charge in [-0.25, -0.2) is 5.48 Å². The quantitative estimate of drug-likeness (QED) is 0.310. The highest BCUT2D eigenvalue weighted by atomic mass is 16.5. The lowest BCUT2D eigenvalue weighted by atomic mass is 9.96. The molecule has 0 aromatic heterocycles. The zero-order chi connectivity index (χ0) is 15.7. The van der Waals surface area contributed by atoms with E-state index in [2.05, 4.69) is 0 Å². The first kappa shape index (κ1) is 16.9. The first-order chi connectivity index (χ1) is 10.1. The molecule has 3 N–H and O–H groups in total. The highest BCUT2D eigenvalue weighted by molar-refractivity contribution is 5.86. The molecule has 1 rings (SSSR count). The summed E-state index contributed by atoms with van der Waals surface area (Å²) in [6.07, 6.45) is 7.02. The zero-order valence-corrected chi connectivity index (χ0v) is 12.4. The molecule has 0 unspecified atom stereocenters. The minimum atomic E-state index is -0.572. The summed E-state index contributed by atoms with van der Waals surface area (Å²) in [7, 11) is 3.96. The Labute approximate surface area is 125 Å². The Morgan fingerprint density at radius 1 is 1.29 bits per heavy atom. The van der Waals surface area contributed by atoms with Gasteiger partial charge in [-0.05, 0) is 24.1 Å². The Kier molecular flexibility index (Phi) is 7.21. The molecule has 0 fully saturated rings. The van der Waals surface area contributed by atoms with Crippen molar-refractivity contribution in [3.8, 4) is 0 Å². The van der Waals surface area contributed by atoms with Gasteiger partial charge in [-0.1, -0.05) is 30.4 Å². The molecule has 0 saturated carbocycles. The van der Waals surface area contributed by atoms with Crippen LogP contribution in [-0.4, -0.2) is 36.9 Å². The summed E-state index contributed by atoms with van der Waals surface area (Å²) >= 11 is 0. The van der Waals surface area contributed by atoms with Gasteiger partial charge >= 0.3 is 0 Å². The second-order valence-corrected chi connectivity index (χ2v) is 4.86. The van der Waals surface area contributed by atoms with Gasteiger partial charge in [-0.15, -0.1) is 0 Å². The van der Waals surface area contributed by atoms with Crippen molar-refractivity contribution >= 4 is 11.6 Å². The average Bonchev–Trinajstić information content (AvgIpc) is 2.50. The van der Waals surface area contributed by atoms with Crippen molar-refractivity contribution in [3.05, 3.63) is 54.1 Å². The van der Waals surface area contributed by atoms with Crippen molar-refractivity contribution in [2.24, 2.45) is 0 Å². The number of nitrogens with one attached hydrogen (secondary N) is 1. The highest BCUT2D eigenvalue weighted by Gasteiger charge is 2.08. The van der Waals surface area contributed by atoms with Gasteiger partial charge in [0.1, 0.15) is 0 Å². The van der Waals surface area contributed by atoms with Crippen LogP contribution in [0.4, 0.5) is 5.69 Å². The number of hydrogen-bond acceptors (Lipinski definition) is 4. The zero-order valence-electron chi connectivity index (χ0n) is 12.4. The van der Waals surface area contributed by atoms with E-state index in [-0.39, 0.29) is 12.5 Å². The number of anilines is 1. The topological polar surface area (TPSA) is 72.8 Å². The Bertz CT molecular complexity index is 493. The molecule has 1 amide bonds. The van der Waals surface area contributed by atoms with Crippen molar-refractivity contribution in [2.45, 2.75) is 12.3 Å². The number of rotatable bonds is 7. The Morgan fingerprint density at radius 3 is 2.48 bits per heavy atom. The van der Waals surface area contributed by atoms with Crippen LogP contribution in [0.5, 0.6) is 0 Å². The molecule has 21 heavy (non-hydrogen) atoms. The molecule has 5 nitrogen and oxygen atoms in total. The lowest BCUT2D eigenvalue weighted by Gasteiger charge is -2.16. The van der Waals surface area contributed by atoms with Gasteiger partial charge in [0.05, 0.1) is 6.61 Å². The van der Waals surface area contributed by atoms with Crippen LogP contribution in [0.2, 0.25) is 0 Å². The van der Waals surface area contributed by atoms with Gasteiger partial charge in [0.25, 0.3) is 5.91 Å². The van der Waals surface area contributed by atoms with Gasteiger partial charge in [-0.3, -0.25) is 10.0 Å². The molecule has 5 heteroatoms. The lowest BCUT2D eigenvalue weighted by Crippen LogP contribution is -2.14. The van der Waals surface area contributed by atoms with Gasteiger partial charge in [-0.2, -0.15) is 0 Å². The van der Waals surface area contributed by atoms with E-state index in [1.165, 1.54) is 17.6 Å². The molecular weight excluding hydrogens is 268 g/mol. The monoisotopic (exact) mass is 290 g/mol. The summed E-state index contributed by atoms with van der Waals surface area (Å²) in [5, 5.41) is 17.8. The first-order valence-electron chi connectivity index (χ1n) is 6.74. The maximum atomic E-state index is 10.7. The van der Waals surface area contributed by atoms with E-state index in [0.717, 1.165) is 11.3 Å². The van der Waals surface area contributed by atoms with Crippen LogP contribution in [0.1, 0.15) is 17.9 Å². The Hall–Kier alpha value is -2.11. The second kappa shape index (κ2) is 8.94. The predicted octanol–water partition coefficient (Wildman–Crippen LogP) is 1.84. The number of hydrogen-bond donors (Lipinski definition) is 3. The largest absolute Gasteiger partial charge is 0.396 e. The van der Waals surface area contributed by atoms with Crippen molar-refractivity contribution < 1.29 is 15.1 Å². The third kappa shape index (κ3) is 5.81. The van der Waals surface area contributed by atoms with Gasteiger partial charge in [0.2, 0.25) is 0 Å². The molecule has 1 aromatic carbocycles. The van der Waals surface area contributed by atoms with E-state index in [1.807, 2.05) is 49.3 Å². The minimum Gasteiger partial charge on any atom is -0.396 e. The van der Waals surface area contributed by atoms with Crippen LogP contribution in [0, 0.1) is 0 Å². The molecule has 114 valence electrons. The van der Waals surface area contributed by atoms with Crippen LogP contribution in [-0.2, 0) is 4.79 Å². The van der Waals surface area contributed by atoms with Crippen molar-refractivity contribution in [1.82, 2.24) is 5.48 Å². The molecule has 0 bridgehead atoms. The fourth-order valence-electron chi connectivity index (χ4n) is 1.86. The molecule has 0 radical (unpaired) electrons. The highest BCUT2D eigenvalue weighted by Crippen LogP contribution is 2.22. The van der Waals surface area contributed by atoms with Crippen molar-refractivity contribution in [1.29, 1.82) is 0 Å². The van der Waals surface area contributed by atoms with Crippen LogP contribution in [0.15, 0.2) is 48.6 Å². The molecule has 0 aliphatic rings. The molecule has 1 atom stereocenters. The van der Waals surface area contributed by atoms with Crippen LogP contribution < -0.4 is 10.4 Å². The minimum absolute atomic E-state index is 0.0255. The maximum Gasteiger partial charge on any atom is 0.267 e. The molecule has 0 heterocycles. The van der Waals surface area contributed by atoms with Crippen molar-refractivity contribution in [3.63, 3.8) is 0 Å². The SMILES string of the molecule is CN(C)c1ccc([C@@H](CO)CC=CC=CC(=O)NO)cc1. The molecule has 1 aromatic rings. The van der Waals surface area contributed by atoms with E-state index >= 15 is 0 Å². The number of carbonyl (C=O) groups excluding carboxylic acids is 1. The summed E-state index contributed by atoms with van der Waals surface area (Å²) in [6.45, 7) is 0.0620. The van der Waals surface area contributed by atoms with Crippen molar-refractivity contribution in [2.75, 3.05) is 25.6 Å². The summed E-state index contributed by atoms with van der Waals surface area (Å²) in [5.74, 6) is -0.546. The first-order valence-corrected chi connectivity index (χ1v) is 6.74. The second-order valence-electron chi connectivity index (χ2n) is 4.86. The van der Waals surface area contributed by atoms with Crippen LogP contribution in [0.25, 0.3) is 0 Å². The number of hydroxylamine groups is 1. The number of amides is 1. The number of allylic oxidation sites excluding steroid dienone is 3. The molecule has 0 spiro atoms. The van der Waals surface area contributed by atoms with E-state index in [0.29, 0.717) is 6.42 Å². The standard InChI is InChI=1S/C16H22N2O3/c1-18(2)15-10-8-13(9-11-15)14(12-19)6-4-3-5-7-16(20)17-21/h3-5,7-11,14,19,21H,6,12H2,1-2H3,(H,17,20)/t14-/m1/s1. The van der Waals surface area contributed by atoms with Crippen LogP contribution in [0.3, 0.4) is 0 Å². The fraction of sp³-hybridized carbons (Fsp3) is 0.312. The number of carbonyl (C=O) groups is 1. The normalized spacial score (nSPS) is 12.8. The summed E-state index contributed by atoms with van der Waals surface area (Å²) in [5.41, 5.74) is 3.70. The smallest absolute Gasteiger partial charge is 0.267 e. The molecule has 0 aliphatic carbocycles. The number of aliphatic hydroxyl groups excluding tert-OH is 1. The van der Waals surface area contributed by atoms with E-state index < -0.39 is 5.91 Å². The number of aliphatic hydroxyl groups is 1. The average molecular weight is 290 g/mol. The van der Waals surface area contributed by atoms with E-state index in [4.69, 9.17) is 5.21 Å². The fourth-order valence-corrected chi connectivity index (χ4v) is 1.86. The Morgan fingerprint density at radius 2 is 1.95 bits per heavy atom. The van der Waals surface area contributed by atoms with E-state index in [9.17, 15) is 9.90 Å². The summed E-state index contributed by atoms with van der Waals surface area (Å²) in [4.78, 5) is 12.8. The summed E-state index contributed by atoms with van der Waals surface area (Å²) in [6, 6.07) is 8.07. The molecular formula is C16H22N2O3. The molecule has 0 saturated heterocycles. The maximum absolute atomic E-state index is 10.7. The predicted molar refractivity (Wildman–Crippen MR) is 83.4 cm³/mol. The molecule has 0 aliphatic heterocycles. The third-order valence-corrected chi connectivity index (χ3v) is 3.13. The number of nitrogens with zero attached hydrogens (tertiary/aromatic N) is 1. The van der Waals surface area contributed by atoms with Crippen LogP contribution >= 0.6 is 0 Å². The van der Waals surface area contributed by atoms with Gasteiger partial charge in [0, 0.05) is 31.8 Å². The van der Waals surface area contributed by atoms with Gasteiger partial charge < -0.3 is 10.0 Å². The van der Waals surface area contributed by atoms with E-state index in [1.54, 1.807) is 6.08 Å². The Balaban J connectivity index is 2.60. The summed E-state index contributed by atoms with van der Waals surface area (Å²) < 4.78 is 0. The van der Waals surface area contributed by atoms with Gasteiger partial charge in [0.15, 0.2) is 0 Å². The lowest BCUT2D eigenvalue weighted by molar-refractivity contribution is -0.124. The third-order valence-electron chi connectivity index (χ3n) is 3.13. The number of benzene rings is 1.